The molecule has 5 nitrogen and oxygen atoms in total. The highest BCUT2D eigenvalue weighted by Crippen LogP contribution is 2.30. The summed E-state index contributed by atoms with van der Waals surface area (Å²) in [6.07, 6.45) is 1.68. The third-order valence-electron chi connectivity index (χ3n) is 3.40. The molecule has 1 unspecified atom stereocenters. The Bertz CT molecular complexity index is 578. The second-order valence-electron chi connectivity index (χ2n) is 5.16. The van der Waals surface area contributed by atoms with E-state index >= 15 is 0 Å². The van der Waals surface area contributed by atoms with Gasteiger partial charge in [-0.25, -0.2) is 0 Å². The Morgan fingerprint density at radius 1 is 1.38 bits per heavy atom. The van der Waals surface area contributed by atoms with Crippen LogP contribution in [0.15, 0.2) is 12.1 Å². The molecular formula is C14H17Cl2N3O2. The van der Waals surface area contributed by atoms with E-state index in [2.05, 4.69) is 5.32 Å². The van der Waals surface area contributed by atoms with Crippen LogP contribution in [0.3, 0.4) is 0 Å². The first-order valence-electron chi connectivity index (χ1n) is 6.69. The first-order valence-corrected chi connectivity index (χ1v) is 7.45. The standard InChI is InChI=1S/C14H17Cl2N3O2/c1-8(20)18-10-3-2-4-19(7-10)14(21)11-5-9(17)6-12(15)13(11)16/h5-6,10H,2-4,7,17H2,1H3,(H,18,20). The van der Waals surface area contributed by atoms with E-state index in [0.717, 1.165) is 12.8 Å². The van der Waals surface area contributed by atoms with Crippen LogP contribution in [0.5, 0.6) is 0 Å². The maximum atomic E-state index is 12.6. The van der Waals surface area contributed by atoms with E-state index in [1.807, 2.05) is 0 Å². The van der Waals surface area contributed by atoms with Gasteiger partial charge in [0.15, 0.2) is 0 Å². The molecule has 1 aliphatic rings. The Balaban J connectivity index is 2.18. The average molecular weight is 330 g/mol. The predicted octanol–water partition coefficient (Wildman–Crippen LogP) is 2.32. The maximum absolute atomic E-state index is 12.6. The SMILES string of the molecule is CC(=O)NC1CCCN(C(=O)c2cc(N)cc(Cl)c2Cl)C1. The van der Waals surface area contributed by atoms with E-state index < -0.39 is 0 Å². The van der Waals surface area contributed by atoms with Gasteiger partial charge >= 0.3 is 0 Å². The number of likely N-dealkylation sites (tertiary alicyclic amines) is 1. The zero-order chi connectivity index (χ0) is 15.6. The molecule has 1 aliphatic heterocycles. The fraction of sp³-hybridized carbons (Fsp3) is 0.429. The summed E-state index contributed by atoms with van der Waals surface area (Å²) in [4.78, 5) is 25.4. The summed E-state index contributed by atoms with van der Waals surface area (Å²) < 4.78 is 0. The number of carbonyl (C=O) groups excluding carboxylic acids is 2. The lowest BCUT2D eigenvalue weighted by Crippen LogP contribution is -2.49. The molecule has 1 heterocycles. The number of rotatable bonds is 2. The van der Waals surface area contributed by atoms with Gasteiger partial charge in [-0.1, -0.05) is 23.2 Å². The number of halogens is 2. The van der Waals surface area contributed by atoms with Gasteiger partial charge < -0.3 is 16.0 Å². The van der Waals surface area contributed by atoms with Gasteiger partial charge in [-0.3, -0.25) is 9.59 Å². The number of nitrogen functional groups attached to an aromatic ring is 1. The minimum absolute atomic E-state index is 0.0319. The molecule has 2 amide bonds. The number of carbonyl (C=O) groups is 2. The van der Waals surface area contributed by atoms with Gasteiger partial charge in [-0.2, -0.15) is 0 Å². The number of hydrogen-bond acceptors (Lipinski definition) is 3. The lowest BCUT2D eigenvalue weighted by molar-refractivity contribution is -0.120. The van der Waals surface area contributed by atoms with Crippen molar-refractivity contribution in [2.75, 3.05) is 18.8 Å². The molecule has 3 N–H and O–H groups in total. The van der Waals surface area contributed by atoms with Crippen molar-refractivity contribution in [1.29, 1.82) is 0 Å². The van der Waals surface area contributed by atoms with Gasteiger partial charge in [0.1, 0.15) is 0 Å². The third-order valence-corrected chi connectivity index (χ3v) is 4.20. The first-order chi connectivity index (χ1) is 9.88. The second kappa shape index (κ2) is 6.54. The lowest BCUT2D eigenvalue weighted by atomic mass is 10.0. The normalized spacial score (nSPS) is 18.4. The molecule has 2 rings (SSSR count). The van der Waals surface area contributed by atoms with E-state index in [-0.39, 0.29) is 27.9 Å². The highest BCUT2D eigenvalue weighted by Gasteiger charge is 2.26. The van der Waals surface area contributed by atoms with Gasteiger partial charge in [-0.15, -0.1) is 0 Å². The molecule has 0 aromatic heterocycles. The number of hydrogen-bond donors (Lipinski definition) is 2. The Hall–Kier alpha value is -1.46. The summed E-state index contributed by atoms with van der Waals surface area (Å²) >= 11 is 12.1. The van der Waals surface area contributed by atoms with Gasteiger partial charge in [0, 0.05) is 31.7 Å². The Morgan fingerprint density at radius 3 is 2.76 bits per heavy atom. The fourth-order valence-corrected chi connectivity index (χ4v) is 2.92. The Labute approximate surface area is 133 Å². The highest BCUT2D eigenvalue weighted by molar-refractivity contribution is 6.44. The van der Waals surface area contributed by atoms with Gasteiger partial charge in [0.2, 0.25) is 5.91 Å². The van der Waals surface area contributed by atoms with Gasteiger partial charge in [0.25, 0.3) is 5.91 Å². The Kier molecular flexibility index (Phi) is 4.96. The maximum Gasteiger partial charge on any atom is 0.255 e. The molecule has 114 valence electrons. The van der Waals surface area contributed by atoms with Crippen molar-refractivity contribution in [3.05, 3.63) is 27.7 Å². The zero-order valence-corrected chi connectivity index (χ0v) is 13.2. The molecule has 0 spiro atoms. The van der Waals surface area contributed by atoms with Crippen molar-refractivity contribution in [2.24, 2.45) is 0 Å². The minimum atomic E-state index is -0.218. The van der Waals surface area contributed by atoms with Crippen molar-refractivity contribution in [3.8, 4) is 0 Å². The topological polar surface area (TPSA) is 75.4 Å². The average Bonchev–Trinajstić information content (AvgIpc) is 2.41. The van der Waals surface area contributed by atoms with Crippen LogP contribution in [0.4, 0.5) is 5.69 Å². The predicted molar refractivity (Wildman–Crippen MR) is 83.6 cm³/mol. The monoisotopic (exact) mass is 329 g/mol. The molecule has 0 radical (unpaired) electrons. The van der Waals surface area contributed by atoms with Crippen molar-refractivity contribution < 1.29 is 9.59 Å². The molecule has 1 atom stereocenters. The molecule has 0 aliphatic carbocycles. The zero-order valence-electron chi connectivity index (χ0n) is 11.7. The van der Waals surface area contributed by atoms with E-state index in [9.17, 15) is 9.59 Å². The number of amides is 2. The second-order valence-corrected chi connectivity index (χ2v) is 5.94. The number of anilines is 1. The number of nitrogens with zero attached hydrogens (tertiary/aromatic N) is 1. The van der Waals surface area contributed by atoms with E-state index in [0.29, 0.717) is 24.3 Å². The number of nitrogens with two attached hydrogens (primary N) is 1. The molecule has 0 saturated carbocycles. The van der Waals surface area contributed by atoms with E-state index in [4.69, 9.17) is 28.9 Å². The molecule has 1 aromatic carbocycles. The van der Waals surface area contributed by atoms with Crippen LogP contribution >= 0.6 is 23.2 Å². The number of piperidine rings is 1. The smallest absolute Gasteiger partial charge is 0.255 e. The van der Waals surface area contributed by atoms with Crippen molar-refractivity contribution in [3.63, 3.8) is 0 Å². The quantitative estimate of drug-likeness (QED) is 0.817. The van der Waals surface area contributed by atoms with Gasteiger partial charge in [-0.05, 0) is 25.0 Å². The van der Waals surface area contributed by atoms with Crippen molar-refractivity contribution >= 4 is 40.7 Å². The molecule has 1 fully saturated rings. The molecule has 1 saturated heterocycles. The van der Waals surface area contributed by atoms with Crippen LogP contribution in [0.1, 0.15) is 30.1 Å². The van der Waals surface area contributed by atoms with Crippen LogP contribution in [-0.2, 0) is 4.79 Å². The fourth-order valence-electron chi connectivity index (χ4n) is 2.50. The molecule has 7 heteroatoms. The van der Waals surface area contributed by atoms with E-state index in [1.54, 1.807) is 4.90 Å². The summed E-state index contributed by atoms with van der Waals surface area (Å²) in [5, 5.41) is 3.30. The number of nitrogens with one attached hydrogen (secondary N) is 1. The third kappa shape index (κ3) is 3.80. The molecule has 21 heavy (non-hydrogen) atoms. The lowest BCUT2D eigenvalue weighted by Gasteiger charge is -2.33. The van der Waals surface area contributed by atoms with Crippen molar-refractivity contribution in [2.45, 2.75) is 25.8 Å². The summed E-state index contributed by atoms with van der Waals surface area (Å²) in [6.45, 7) is 2.55. The van der Waals surface area contributed by atoms with Crippen LogP contribution in [0, 0.1) is 0 Å². The highest BCUT2D eigenvalue weighted by atomic mass is 35.5. The van der Waals surface area contributed by atoms with Crippen molar-refractivity contribution in [1.82, 2.24) is 10.2 Å². The first kappa shape index (κ1) is 15.9. The van der Waals surface area contributed by atoms with Gasteiger partial charge in [0.05, 0.1) is 15.6 Å². The largest absolute Gasteiger partial charge is 0.399 e. The van der Waals surface area contributed by atoms with Crippen LogP contribution < -0.4 is 11.1 Å². The Morgan fingerprint density at radius 2 is 2.10 bits per heavy atom. The molecule has 0 bridgehead atoms. The summed E-state index contributed by atoms with van der Waals surface area (Å²) in [7, 11) is 0. The minimum Gasteiger partial charge on any atom is -0.399 e. The van der Waals surface area contributed by atoms with Crippen LogP contribution in [-0.4, -0.2) is 35.8 Å². The summed E-state index contributed by atoms with van der Waals surface area (Å²) in [5.41, 5.74) is 6.41. The van der Waals surface area contributed by atoms with Crippen LogP contribution in [0.25, 0.3) is 0 Å². The summed E-state index contributed by atoms with van der Waals surface area (Å²) in [6, 6.07) is 3.01. The summed E-state index contributed by atoms with van der Waals surface area (Å²) in [5.74, 6) is -0.316. The molecular weight excluding hydrogens is 313 g/mol. The molecule has 1 aromatic rings. The van der Waals surface area contributed by atoms with E-state index in [1.165, 1.54) is 19.1 Å². The van der Waals surface area contributed by atoms with Crippen LogP contribution in [0.2, 0.25) is 10.0 Å². The number of benzene rings is 1.